The lowest BCUT2D eigenvalue weighted by Gasteiger charge is -2.20. The monoisotopic (exact) mass is 282 g/mol. The van der Waals surface area contributed by atoms with Gasteiger partial charge in [-0.15, -0.1) is 0 Å². The lowest BCUT2D eigenvalue weighted by Crippen LogP contribution is -2.21. The van der Waals surface area contributed by atoms with Gasteiger partial charge in [0.25, 0.3) is 0 Å². The molecule has 2 nitrogen and oxygen atoms in total. The Morgan fingerprint density at radius 2 is 2.44 bits per heavy atom. The van der Waals surface area contributed by atoms with Crippen LogP contribution in [0.3, 0.4) is 0 Å². The average molecular weight is 283 g/mol. The summed E-state index contributed by atoms with van der Waals surface area (Å²) in [7, 11) is 2.05. The first-order valence-corrected chi connectivity index (χ1v) is 6.72. The van der Waals surface area contributed by atoms with E-state index in [1.807, 2.05) is 7.05 Å². The summed E-state index contributed by atoms with van der Waals surface area (Å²) < 4.78 is 1.16. The summed E-state index contributed by atoms with van der Waals surface area (Å²) >= 11 is 3.53. The third-order valence-electron chi connectivity index (χ3n) is 3.33. The number of halogens is 1. The summed E-state index contributed by atoms with van der Waals surface area (Å²) in [6.07, 6.45) is 2.53. The van der Waals surface area contributed by atoms with Crippen LogP contribution in [0.2, 0.25) is 0 Å². The largest absolute Gasteiger partial charge is 0.316 e. The van der Waals surface area contributed by atoms with Crippen LogP contribution in [-0.4, -0.2) is 20.1 Å². The van der Waals surface area contributed by atoms with E-state index in [4.69, 9.17) is 0 Å². The molecular weight excluding hydrogens is 264 g/mol. The van der Waals surface area contributed by atoms with Crippen molar-refractivity contribution in [2.75, 3.05) is 20.1 Å². The van der Waals surface area contributed by atoms with Crippen LogP contribution in [0.4, 0.5) is 0 Å². The van der Waals surface area contributed by atoms with Crippen molar-refractivity contribution in [3.63, 3.8) is 0 Å². The van der Waals surface area contributed by atoms with Crippen LogP contribution >= 0.6 is 15.9 Å². The number of hydrogen-bond donors (Lipinski definition) is 2. The molecule has 0 amide bonds. The predicted molar refractivity (Wildman–Crippen MR) is 71.5 cm³/mol. The minimum atomic E-state index is 0.474. The van der Waals surface area contributed by atoms with Gasteiger partial charge in [-0.3, -0.25) is 0 Å². The molecule has 0 bridgehead atoms. The van der Waals surface area contributed by atoms with Gasteiger partial charge in [0.2, 0.25) is 0 Å². The Kier molecular flexibility index (Phi) is 4.38. The van der Waals surface area contributed by atoms with E-state index in [1.54, 1.807) is 0 Å². The van der Waals surface area contributed by atoms with Gasteiger partial charge < -0.3 is 10.6 Å². The molecule has 0 aliphatic carbocycles. The third-order valence-corrected chi connectivity index (χ3v) is 3.82. The first-order valence-electron chi connectivity index (χ1n) is 5.93. The maximum absolute atomic E-state index is 3.53. The smallest absolute Gasteiger partial charge is 0.0321 e. The van der Waals surface area contributed by atoms with Crippen LogP contribution in [0.25, 0.3) is 0 Å². The molecule has 88 valence electrons. The Morgan fingerprint density at radius 1 is 1.56 bits per heavy atom. The van der Waals surface area contributed by atoms with Crippen LogP contribution in [0.1, 0.15) is 24.4 Å². The fraction of sp³-hybridized carbons (Fsp3) is 0.538. The third kappa shape index (κ3) is 3.06. The van der Waals surface area contributed by atoms with Crippen molar-refractivity contribution < 1.29 is 0 Å². The van der Waals surface area contributed by atoms with E-state index in [0.29, 0.717) is 6.04 Å². The summed E-state index contributed by atoms with van der Waals surface area (Å²) in [5.74, 6) is 0.816. The Labute approximate surface area is 106 Å². The Morgan fingerprint density at radius 3 is 3.06 bits per heavy atom. The van der Waals surface area contributed by atoms with Crippen molar-refractivity contribution in [3.05, 3.63) is 34.3 Å². The maximum atomic E-state index is 3.53. The zero-order valence-corrected chi connectivity index (χ0v) is 11.3. The molecule has 1 aromatic carbocycles. The minimum absolute atomic E-state index is 0.474. The molecule has 0 radical (unpaired) electrons. The quantitative estimate of drug-likeness (QED) is 0.888. The fourth-order valence-corrected chi connectivity index (χ4v) is 2.81. The van der Waals surface area contributed by atoms with Crippen molar-refractivity contribution >= 4 is 15.9 Å². The molecule has 1 aromatic rings. The van der Waals surface area contributed by atoms with E-state index in [9.17, 15) is 0 Å². The van der Waals surface area contributed by atoms with Gasteiger partial charge in [-0.2, -0.15) is 0 Å². The highest BCUT2D eigenvalue weighted by Crippen LogP contribution is 2.26. The normalized spacial score (nSPS) is 22.2. The second-order valence-corrected chi connectivity index (χ2v) is 5.41. The van der Waals surface area contributed by atoms with Gasteiger partial charge in [0.05, 0.1) is 0 Å². The van der Waals surface area contributed by atoms with Crippen LogP contribution in [0, 0.1) is 5.92 Å². The number of benzene rings is 1. The molecule has 2 unspecified atom stereocenters. The summed E-state index contributed by atoms with van der Waals surface area (Å²) in [6.45, 7) is 2.35. The lowest BCUT2D eigenvalue weighted by molar-refractivity contribution is 0.430. The molecule has 1 heterocycles. The SMILES string of the molecule is CNC(CC1CCNC1)c1cccc(Br)c1. The Hall–Kier alpha value is -0.380. The van der Waals surface area contributed by atoms with Gasteiger partial charge in [-0.25, -0.2) is 0 Å². The molecule has 1 aliphatic rings. The maximum Gasteiger partial charge on any atom is 0.0321 e. The fourth-order valence-electron chi connectivity index (χ4n) is 2.39. The van der Waals surface area contributed by atoms with Crippen molar-refractivity contribution in [2.45, 2.75) is 18.9 Å². The van der Waals surface area contributed by atoms with Crippen LogP contribution < -0.4 is 10.6 Å². The number of hydrogen-bond acceptors (Lipinski definition) is 2. The van der Waals surface area contributed by atoms with Gasteiger partial charge in [0.1, 0.15) is 0 Å². The highest BCUT2D eigenvalue weighted by molar-refractivity contribution is 9.10. The van der Waals surface area contributed by atoms with Crippen molar-refractivity contribution in [3.8, 4) is 0 Å². The molecule has 2 atom stereocenters. The molecule has 0 saturated carbocycles. The van der Waals surface area contributed by atoms with E-state index < -0.39 is 0 Å². The van der Waals surface area contributed by atoms with Crippen LogP contribution in [0.5, 0.6) is 0 Å². The van der Waals surface area contributed by atoms with E-state index in [1.165, 1.54) is 31.5 Å². The predicted octanol–water partition coefficient (Wildman–Crippen LogP) is 2.71. The first-order chi connectivity index (χ1) is 7.79. The van der Waals surface area contributed by atoms with Gasteiger partial charge in [-0.05, 0) is 56.6 Å². The summed E-state index contributed by atoms with van der Waals surface area (Å²) in [5, 5.41) is 6.85. The Bertz CT molecular complexity index is 334. The van der Waals surface area contributed by atoms with Crippen LogP contribution in [0.15, 0.2) is 28.7 Å². The summed E-state index contributed by atoms with van der Waals surface area (Å²) in [4.78, 5) is 0. The number of nitrogens with one attached hydrogen (secondary N) is 2. The second kappa shape index (κ2) is 5.80. The topological polar surface area (TPSA) is 24.1 Å². The average Bonchev–Trinajstić information content (AvgIpc) is 2.78. The molecule has 2 rings (SSSR count). The molecule has 0 spiro atoms. The summed E-state index contributed by atoms with van der Waals surface area (Å²) in [6, 6.07) is 9.07. The summed E-state index contributed by atoms with van der Waals surface area (Å²) in [5.41, 5.74) is 1.38. The van der Waals surface area contributed by atoms with Gasteiger partial charge >= 0.3 is 0 Å². The number of rotatable bonds is 4. The molecule has 1 fully saturated rings. The molecule has 16 heavy (non-hydrogen) atoms. The standard InChI is InChI=1S/C13H19BrN2/c1-15-13(7-10-5-6-16-9-10)11-3-2-4-12(14)8-11/h2-4,8,10,13,15-16H,5-7,9H2,1H3. The first kappa shape index (κ1) is 12.1. The van der Waals surface area contributed by atoms with Gasteiger partial charge in [0.15, 0.2) is 0 Å². The Balaban J connectivity index is 2.03. The van der Waals surface area contributed by atoms with E-state index in [2.05, 4.69) is 50.8 Å². The highest BCUT2D eigenvalue weighted by atomic mass is 79.9. The van der Waals surface area contributed by atoms with Crippen molar-refractivity contribution in [2.24, 2.45) is 5.92 Å². The molecule has 2 N–H and O–H groups in total. The van der Waals surface area contributed by atoms with Crippen molar-refractivity contribution in [1.29, 1.82) is 0 Å². The van der Waals surface area contributed by atoms with Gasteiger partial charge in [0, 0.05) is 10.5 Å². The second-order valence-electron chi connectivity index (χ2n) is 4.49. The van der Waals surface area contributed by atoms with Crippen LogP contribution in [-0.2, 0) is 0 Å². The van der Waals surface area contributed by atoms with Gasteiger partial charge in [-0.1, -0.05) is 28.1 Å². The minimum Gasteiger partial charge on any atom is -0.316 e. The van der Waals surface area contributed by atoms with Crippen molar-refractivity contribution in [1.82, 2.24) is 10.6 Å². The molecular formula is C13H19BrN2. The zero-order chi connectivity index (χ0) is 11.4. The van der Waals surface area contributed by atoms with E-state index in [0.717, 1.165) is 10.4 Å². The van der Waals surface area contributed by atoms with E-state index >= 15 is 0 Å². The highest BCUT2D eigenvalue weighted by Gasteiger charge is 2.19. The lowest BCUT2D eigenvalue weighted by atomic mass is 9.94. The molecule has 1 saturated heterocycles. The molecule has 3 heteroatoms. The molecule has 1 aliphatic heterocycles. The molecule has 0 aromatic heterocycles. The van der Waals surface area contributed by atoms with E-state index in [-0.39, 0.29) is 0 Å². The zero-order valence-electron chi connectivity index (χ0n) is 9.67.